The number of ether oxygens (including phenoxy) is 2. The van der Waals surface area contributed by atoms with Gasteiger partial charge in [-0.15, -0.1) is 22.7 Å². The lowest BCUT2D eigenvalue weighted by Crippen LogP contribution is -2.29. The van der Waals surface area contributed by atoms with Crippen LogP contribution in [0, 0.1) is 35.5 Å². The number of Topliss-reactive ketones (excluding diaryl/α,β-unsaturated/α-hetero) is 2. The van der Waals surface area contributed by atoms with E-state index in [1.807, 2.05) is 41.5 Å². The van der Waals surface area contributed by atoms with Crippen LogP contribution in [0.15, 0.2) is 0 Å². The van der Waals surface area contributed by atoms with Crippen LogP contribution < -0.4 is 10.6 Å². The van der Waals surface area contributed by atoms with Gasteiger partial charge in [0.2, 0.25) is 0 Å². The van der Waals surface area contributed by atoms with E-state index in [0.717, 1.165) is 109 Å². The van der Waals surface area contributed by atoms with E-state index in [1.54, 1.807) is 22.7 Å². The Labute approximate surface area is 364 Å². The summed E-state index contributed by atoms with van der Waals surface area (Å²) in [5.74, 6) is 2.13. The zero-order valence-electron chi connectivity index (χ0n) is 36.7. The summed E-state index contributed by atoms with van der Waals surface area (Å²) in [6.45, 7) is 12.7. The van der Waals surface area contributed by atoms with Gasteiger partial charge in [0, 0.05) is 70.1 Å². The number of thiophene rings is 2. The first-order valence-electron chi connectivity index (χ1n) is 22.7. The molecule has 0 aliphatic heterocycles. The van der Waals surface area contributed by atoms with Gasteiger partial charge in [0.15, 0.2) is 0 Å². The van der Waals surface area contributed by atoms with Crippen LogP contribution in [0.4, 0.5) is 0 Å². The molecule has 2 atom stereocenters. The Bertz CT molecular complexity index is 1820. The second kappa shape index (κ2) is 18.5. The SMILES string of the molecule is CC(C)(C)OC(=O)C[C@@H]1CCc2sc(CC(=O)C3CC3)c(C(=O)NCC3CC3)c2C1.CC(C)(C)OC(=O)C[C@H]1CCc2sc(CC(=O)C3CC3)c(C(=O)NCC3CC3)c2C1. The van der Waals surface area contributed by atoms with Crippen molar-refractivity contribution in [2.75, 3.05) is 13.1 Å². The minimum atomic E-state index is -0.483. The van der Waals surface area contributed by atoms with E-state index >= 15 is 0 Å². The second-order valence-electron chi connectivity index (χ2n) is 20.5. The third kappa shape index (κ3) is 12.8. The van der Waals surface area contributed by atoms with Crippen molar-refractivity contribution in [1.29, 1.82) is 0 Å². The van der Waals surface area contributed by atoms with E-state index in [-0.39, 0.29) is 59.0 Å². The highest BCUT2D eigenvalue weighted by Gasteiger charge is 2.37. The monoisotopic (exact) mass is 862 g/mol. The molecular weight excluding hydrogens is 797 g/mol. The molecule has 2 amide bonds. The van der Waals surface area contributed by atoms with E-state index in [1.165, 1.54) is 35.4 Å². The number of nitrogens with one attached hydrogen (secondary N) is 2. The summed E-state index contributed by atoms with van der Waals surface area (Å²) >= 11 is 3.29. The predicted molar refractivity (Wildman–Crippen MR) is 234 cm³/mol. The number of fused-ring (bicyclic) bond motifs is 2. The molecule has 12 heteroatoms. The molecule has 6 aliphatic rings. The van der Waals surface area contributed by atoms with Crippen LogP contribution in [-0.2, 0) is 67.2 Å². The Hall–Kier alpha value is -3.38. The van der Waals surface area contributed by atoms with Gasteiger partial charge < -0.3 is 20.1 Å². The number of rotatable bonds is 16. The van der Waals surface area contributed by atoms with Gasteiger partial charge in [-0.05, 0) is 166 Å². The smallest absolute Gasteiger partial charge is 0.306 e. The molecule has 60 heavy (non-hydrogen) atoms. The average Bonchev–Trinajstić information content (AvgIpc) is 3.95. The molecule has 10 nitrogen and oxygen atoms in total. The first kappa shape index (κ1) is 44.7. The third-order valence-corrected chi connectivity index (χ3v) is 14.9. The molecule has 0 bridgehead atoms. The van der Waals surface area contributed by atoms with Gasteiger partial charge in [-0.2, -0.15) is 0 Å². The molecule has 4 saturated carbocycles. The molecule has 4 fully saturated rings. The van der Waals surface area contributed by atoms with Crippen molar-refractivity contribution >= 4 is 58.0 Å². The third-order valence-electron chi connectivity index (χ3n) is 12.3. The molecule has 0 radical (unpaired) electrons. The summed E-state index contributed by atoms with van der Waals surface area (Å²) in [4.78, 5) is 80.2. The largest absolute Gasteiger partial charge is 0.460 e. The summed E-state index contributed by atoms with van der Waals surface area (Å²) in [7, 11) is 0. The molecule has 8 rings (SSSR count). The van der Waals surface area contributed by atoms with Crippen molar-refractivity contribution in [2.45, 2.75) is 168 Å². The minimum Gasteiger partial charge on any atom is -0.460 e. The molecule has 0 spiro atoms. The van der Waals surface area contributed by atoms with E-state index < -0.39 is 11.2 Å². The molecule has 2 heterocycles. The molecular formula is C48H66N2O8S2. The molecule has 0 unspecified atom stereocenters. The summed E-state index contributed by atoms with van der Waals surface area (Å²) in [6, 6.07) is 0. The lowest BCUT2D eigenvalue weighted by Gasteiger charge is -2.25. The van der Waals surface area contributed by atoms with Gasteiger partial charge in [0.1, 0.15) is 22.8 Å². The highest BCUT2D eigenvalue weighted by Crippen LogP contribution is 2.42. The van der Waals surface area contributed by atoms with E-state index in [4.69, 9.17) is 9.47 Å². The van der Waals surface area contributed by atoms with Crippen molar-refractivity contribution in [2.24, 2.45) is 35.5 Å². The van der Waals surface area contributed by atoms with Crippen LogP contribution in [-0.4, -0.2) is 59.6 Å². The Morgan fingerprint density at radius 2 is 0.900 bits per heavy atom. The summed E-state index contributed by atoms with van der Waals surface area (Å²) in [5.41, 5.74) is 2.66. The van der Waals surface area contributed by atoms with E-state index in [2.05, 4.69) is 10.6 Å². The maximum atomic E-state index is 13.1. The predicted octanol–water partition coefficient (Wildman–Crippen LogP) is 8.49. The fourth-order valence-corrected chi connectivity index (χ4v) is 11.2. The highest BCUT2D eigenvalue weighted by atomic mass is 32.1. The second-order valence-corrected chi connectivity index (χ2v) is 22.9. The first-order valence-corrected chi connectivity index (χ1v) is 24.3. The number of carbonyl (C=O) groups is 6. The minimum absolute atomic E-state index is 0.0316. The van der Waals surface area contributed by atoms with Crippen LogP contribution in [0.2, 0.25) is 0 Å². The van der Waals surface area contributed by atoms with Gasteiger partial charge in [-0.3, -0.25) is 28.8 Å². The number of carbonyl (C=O) groups excluding carboxylic acids is 6. The van der Waals surface area contributed by atoms with Crippen LogP contribution in [0.25, 0.3) is 0 Å². The van der Waals surface area contributed by atoms with Gasteiger partial charge in [-0.1, -0.05) is 0 Å². The van der Waals surface area contributed by atoms with Crippen molar-refractivity contribution in [1.82, 2.24) is 10.6 Å². The molecule has 0 aromatic carbocycles. The maximum absolute atomic E-state index is 13.1. The van der Waals surface area contributed by atoms with E-state index in [9.17, 15) is 28.8 Å². The quantitative estimate of drug-likeness (QED) is 0.160. The standard InChI is InChI=1S/2C24H33NO4S/c2*1-24(2,3)29-21(27)11-15-6-9-19-17(10-15)22(23(28)25-13-14-4-5-14)20(30-19)12-18(26)16-7-8-16/h2*14-16H,4-13H2,1-3H3,(H,25,28)/t2*15-/m10/s1. The average molecular weight is 863 g/mol. The first-order chi connectivity index (χ1) is 28.4. The van der Waals surface area contributed by atoms with E-state index in [0.29, 0.717) is 37.5 Å². The number of hydrogen-bond acceptors (Lipinski definition) is 10. The van der Waals surface area contributed by atoms with Crippen LogP contribution in [0.3, 0.4) is 0 Å². The van der Waals surface area contributed by atoms with Crippen molar-refractivity contribution in [3.63, 3.8) is 0 Å². The summed E-state index contributed by atoms with van der Waals surface area (Å²) in [5, 5.41) is 6.21. The fraction of sp³-hybridized carbons (Fsp3) is 0.708. The molecule has 328 valence electrons. The lowest BCUT2D eigenvalue weighted by molar-refractivity contribution is -0.157. The normalized spacial score (nSPS) is 21.1. The van der Waals surface area contributed by atoms with Gasteiger partial charge in [0.25, 0.3) is 11.8 Å². The zero-order chi connectivity index (χ0) is 42.9. The van der Waals surface area contributed by atoms with Gasteiger partial charge >= 0.3 is 11.9 Å². The number of ketones is 2. The van der Waals surface area contributed by atoms with Gasteiger partial charge in [0.05, 0.1) is 11.1 Å². The maximum Gasteiger partial charge on any atom is 0.306 e. The van der Waals surface area contributed by atoms with Crippen LogP contribution in [0.1, 0.15) is 170 Å². The number of amides is 2. The Morgan fingerprint density at radius 1 is 0.533 bits per heavy atom. The zero-order valence-corrected chi connectivity index (χ0v) is 38.3. The fourth-order valence-electron chi connectivity index (χ4n) is 8.50. The molecule has 2 aromatic heterocycles. The summed E-state index contributed by atoms with van der Waals surface area (Å²) in [6.07, 6.45) is 15.3. The topological polar surface area (TPSA) is 145 Å². The molecule has 2 aromatic rings. The van der Waals surface area contributed by atoms with Crippen LogP contribution >= 0.6 is 22.7 Å². The molecule has 2 N–H and O–H groups in total. The Kier molecular flexibility index (Phi) is 13.8. The van der Waals surface area contributed by atoms with Crippen molar-refractivity contribution in [3.05, 3.63) is 41.8 Å². The van der Waals surface area contributed by atoms with Gasteiger partial charge in [-0.25, -0.2) is 0 Å². The number of aryl methyl sites for hydroxylation is 2. The Morgan fingerprint density at radius 3 is 1.22 bits per heavy atom. The summed E-state index contributed by atoms with van der Waals surface area (Å²) < 4.78 is 11.0. The van der Waals surface area contributed by atoms with Crippen molar-refractivity contribution < 1.29 is 38.2 Å². The Balaban J connectivity index is 0.000000181. The number of hydrogen-bond donors (Lipinski definition) is 2. The van der Waals surface area contributed by atoms with Crippen LogP contribution in [0.5, 0.6) is 0 Å². The highest BCUT2D eigenvalue weighted by molar-refractivity contribution is 7.13. The molecule has 6 aliphatic carbocycles. The van der Waals surface area contributed by atoms with Crippen molar-refractivity contribution in [3.8, 4) is 0 Å². The molecule has 0 saturated heterocycles. The lowest BCUT2D eigenvalue weighted by atomic mass is 9.83. The number of esters is 2.